The van der Waals surface area contributed by atoms with Crippen LogP contribution in [0.4, 0.5) is 0 Å². The molecule has 1 fully saturated rings. The van der Waals surface area contributed by atoms with Crippen LogP contribution in [-0.4, -0.2) is 30.0 Å². The van der Waals surface area contributed by atoms with E-state index in [0.717, 1.165) is 36.8 Å². The van der Waals surface area contributed by atoms with Crippen LogP contribution in [0.5, 0.6) is 0 Å². The Kier molecular flexibility index (Phi) is 4.25. The third-order valence-corrected chi connectivity index (χ3v) is 4.48. The predicted octanol–water partition coefficient (Wildman–Crippen LogP) is 2.29. The maximum absolute atomic E-state index is 9.31. The highest BCUT2D eigenvalue weighted by Gasteiger charge is 2.30. The number of hydrogen-bond acceptors (Lipinski definition) is 7. The first kappa shape index (κ1) is 14.5. The van der Waals surface area contributed by atoms with Crippen LogP contribution in [0, 0.1) is 0 Å². The van der Waals surface area contributed by atoms with Gasteiger partial charge in [-0.05, 0) is 26.2 Å². The molecule has 1 aliphatic rings. The number of rotatable bonds is 7. The lowest BCUT2D eigenvalue weighted by Crippen LogP contribution is -2.05. The molecule has 1 N–H and O–H groups in total. The van der Waals surface area contributed by atoms with Crippen molar-refractivity contribution in [1.29, 1.82) is 0 Å². The summed E-state index contributed by atoms with van der Waals surface area (Å²) in [5, 5.41) is 22.3. The Hall–Kier alpha value is -1.41. The summed E-state index contributed by atoms with van der Waals surface area (Å²) in [5.74, 6) is 2.53. The highest BCUT2D eigenvalue weighted by atomic mass is 32.2. The van der Waals surface area contributed by atoms with Crippen molar-refractivity contribution in [2.45, 2.75) is 62.6 Å². The third kappa shape index (κ3) is 3.11. The van der Waals surface area contributed by atoms with Gasteiger partial charge in [-0.1, -0.05) is 23.8 Å². The van der Waals surface area contributed by atoms with E-state index in [1.165, 1.54) is 11.8 Å². The average Bonchev–Trinajstić information content (AvgIpc) is 3.09. The molecule has 0 aromatic carbocycles. The fourth-order valence-corrected chi connectivity index (χ4v) is 3.02. The molecule has 2 aromatic heterocycles. The van der Waals surface area contributed by atoms with Crippen LogP contribution >= 0.6 is 11.8 Å². The van der Waals surface area contributed by atoms with E-state index in [0.29, 0.717) is 17.6 Å². The summed E-state index contributed by atoms with van der Waals surface area (Å²) in [6.45, 7) is 4.78. The summed E-state index contributed by atoms with van der Waals surface area (Å²) in [4.78, 5) is 4.47. The van der Waals surface area contributed by atoms with Gasteiger partial charge < -0.3 is 14.2 Å². The van der Waals surface area contributed by atoms with E-state index in [1.807, 2.05) is 11.5 Å². The number of aliphatic hydroxyl groups excluding tert-OH is 1. The van der Waals surface area contributed by atoms with Crippen molar-refractivity contribution < 1.29 is 9.63 Å². The summed E-state index contributed by atoms with van der Waals surface area (Å²) in [5.41, 5.74) is 0. The van der Waals surface area contributed by atoms with Crippen molar-refractivity contribution in [1.82, 2.24) is 24.9 Å². The van der Waals surface area contributed by atoms with Gasteiger partial charge in [0.2, 0.25) is 5.89 Å². The van der Waals surface area contributed by atoms with Crippen molar-refractivity contribution in [3.05, 3.63) is 17.5 Å². The number of nitrogens with zero attached hydrogens (tertiary/aromatic N) is 5. The van der Waals surface area contributed by atoms with Crippen LogP contribution < -0.4 is 0 Å². The van der Waals surface area contributed by atoms with Crippen molar-refractivity contribution >= 4 is 11.8 Å². The molecule has 1 unspecified atom stereocenters. The molecule has 114 valence electrons. The van der Waals surface area contributed by atoms with E-state index in [4.69, 9.17) is 4.52 Å². The summed E-state index contributed by atoms with van der Waals surface area (Å²) < 4.78 is 7.29. The zero-order chi connectivity index (χ0) is 14.8. The van der Waals surface area contributed by atoms with E-state index in [-0.39, 0.29) is 11.9 Å². The Labute approximate surface area is 127 Å². The van der Waals surface area contributed by atoms with Crippen molar-refractivity contribution in [3.63, 3.8) is 0 Å². The lowest BCUT2D eigenvalue weighted by molar-refractivity contribution is 0.263. The normalized spacial score (nSPS) is 16.3. The van der Waals surface area contributed by atoms with Gasteiger partial charge in [-0.3, -0.25) is 0 Å². The Morgan fingerprint density at radius 3 is 2.90 bits per heavy atom. The summed E-state index contributed by atoms with van der Waals surface area (Å²) in [7, 11) is 0. The zero-order valence-corrected chi connectivity index (χ0v) is 13.0. The molecule has 1 atom stereocenters. The topological polar surface area (TPSA) is 89.9 Å². The molecule has 21 heavy (non-hydrogen) atoms. The average molecular weight is 309 g/mol. The van der Waals surface area contributed by atoms with Crippen LogP contribution in [0.15, 0.2) is 9.68 Å². The number of aliphatic hydroxyl groups is 1. The molecule has 0 radical (unpaired) electrons. The van der Waals surface area contributed by atoms with Crippen LogP contribution in [0.1, 0.15) is 61.8 Å². The lowest BCUT2D eigenvalue weighted by Gasteiger charge is -2.09. The molecule has 0 bridgehead atoms. The first-order valence-electron chi connectivity index (χ1n) is 7.26. The Bertz CT molecular complexity index is 607. The summed E-state index contributed by atoms with van der Waals surface area (Å²) >= 11 is 1.53. The van der Waals surface area contributed by atoms with Gasteiger partial charge in [0, 0.05) is 12.5 Å². The van der Waals surface area contributed by atoms with E-state index in [2.05, 4.69) is 27.3 Å². The largest absolute Gasteiger partial charge is 0.388 e. The summed E-state index contributed by atoms with van der Waals surface area (Å²) in [6.07, 6.45) is 3.27. The van der Waals surface area contributed by atoms with Gasteiger partial charge in [-0.2, -0.15) is 4.98 Å². The molecule has 3 rings (SSSR count). The van der Waals surface area contributed by atoms with Gasteiger partial charge in [0.05, 0.1) is 5.25 Å². The van der Waals surface area contributed by atoms with Crippen molar-refractivity contribution in [2.75, 3.05) is 0 Å². The molecule has 1 aliphatic carbocycles. The maximum Gasteiger partial charge on any atom is 0.239 e. The van der Waals surface area contributed by atoms with Gasteiger partial charge in [-0.25, -0.2) is 0 Å². The molecule has 1 saturated carbocycles. The monoisotopic (exact) mass is 309 g/mol. The molecule has 7 nitrogen and oxygen atoms in total. The van der Waals surface area contributed by atoms with Gasteiger partial charge in [-0.15, -0.1) is 10.2 Å². The van der Waals surface area contributed by atoms with Crippen molar-refractivity contribution in [2.24, 2.45) is 0 Å². The molecule has 2 aromatic rings. The molecular formula is C13H19N5O2S. The second-order valence-corrected chi connectivity index (χ2v) is 6.54. The van der Waals surface area contributed by atoms with Gasteiger partial charge >= 0.3 is 0 Å². The van der Waals surface area contributed by atoms with Gasteiger partial charge in [0.15, 0.2) is 16.8 Å². The molecule has 0 aliphatic heterocycles. The highest BCUT2D eigenvalue weighted by Crippen LogP contribution is 2.40. The Morgan fingerprint density at radius 1 is 1.43 bits per heavy atom. The SMILES string of the molecule is CCCn1c(CO)nnc1SC(C)c1nc(C2CC2)no1. The third-order valence-electron chi connectivity index (χ3n) is 3.41. The van der Waals surface area contributed by atoms with E-state index >= 15 is 0 Å². The fraction of sp³-hybridized carbons (Fsp3) is 0.692. The minimum absolute atomic E-state index is 0.0105. The number of hydrogen-bond donors (Lipinski definition) is 1. The quantitative estimate of drug-likeness (QED) is 0.785. The first-order valence-corrected chi connectivity index (χ1v) is 8.14. The van der Waals surface area contributed by atoms with Crippen molar-refractivity contribution in [3.8, 4) is 0 Å². The summed E-state index contributed by atoms with van der Waals surface area (Å²) in [6, 6.07) is 0. The second kappa shape index (κ2) is 6.15. The number of thioether (sulfide) groups is 1. The second-order valence-electron chi connectivity index (χ2n) is 5.23. The number of aromatic nitrogens is 5. The molecule has 0 saturated heterocycles. The molecule has 2 heterocycles. The molecule has 0 spiro atoms. The van der Waals surface area contributed by atoms with Crippen LogP contribution in [0.25, 0.3) is 0 Å². The zero-order valence-electron chi connectivity index (χ0n) is 12.2. The van der Waals surface area contributed by atoms with Gasteiger partial charge in [0.25, 0.3) is 0 Å². The minimum Gasteiger partial charge on any atom is -0.388 e. The molecular weight excluding hydrogens is 290 g/mol. The van der Waals surface area contributed by atoms with Crippen LogP contribution in [0.2, 0.25) is 0 Å². The first-order chi connectivity index (χ1) is 10.2. The Balaban J connectivity index is 1.73. The fourth-order valence-electron chi connectivity index (χ4n) is 2.10. The minimum atomic E-state index is -0.103. The lowest BCUT2D eigenvalue weighted by atomic mass is 10.4. The highest BCUT2D eigenvalue weighted by molar-refractivity contribution is 7.99. The van der Waals surface area contributed by atoms with E-state index in [9.17, 15) is 5.11 Å². The maximum atomic E-state index is 9.31. The Morgan fingerprint density at radius 2 is 2.24 bits per heavy atom. The van der Waals surface area contributed by atoms with E-state index < -0.39 is 0 Å². The molecule has 8 heteroatoms. The van der Waals surface area contributed by atoms with Gasteiger partial charge in [0.1, 0.15) is 6.61 Å². The van der Waals surface area contributed by atoms with Crippen LogP contribution in [-0.2, 0) is 13.2 Å². The molecule has 0 amide bonds. The standard InChI is InChI=1S/C13H19N5O2S/c1-3-6-18-10(7-19)15-16-13(18)21-8(2)12-14-11(17-20-12)9-4-5-9/h8-9,19H,3-7H2,1-2H3. The van der Waals surface area contributed by atoms with Crippen LogP contribution in [0.3, 0.4) is 0 Å². The predicted molar refractivity (Wildman–Crippen MR) is 76.8 cm³/mol. The van der Waals surface area contributed by atoms with E-state index in [1.54, 1.807) is 0 Å². The smallest absolute Gasteiger partial charge is 0.239 e.